The van der Waals surface area contributed by atoms with Crippen LogP contribution in [0.3, 0.4) is 0 Å². The van der Waals surface area contributed by atoms with E-state index < -0.39 is 0 Å². The Bertz CT molecular complexity index is 322. The Labute approximate surface area is 101 Å². The second-order valence-corrected chi connectivity index (χ2v) is 5.15. The van der Waals surface area contributed by atoms with Gasteiger partial charge in [-0.15, -0.1) is 0 Å². The Kier molecular flexibility index (Phi) is 4.81. The predicted molar refractivity (Wildman–Crippen MR) is 69.9 cm³/mol. The van der Waals surface area contributed by atoms with Crippen LogP contribution in [0.2, 0.25) is 0 Å². The Morgan fingerprint density at radius 1 is 1.40 bits per heavy atom. The lowest BCUT2D eigenvalue weighted by atomic mass is 9.91. The van der Waals surface area contributed by atoms with Gasteiger partial charge in [0.1, 0.15) is 0 Å². The molecule has 1 aromatic rings. The minimum Gasteiger partial charge on any atom is -0.324 e. The molecule has 15 heavy (non-hydrogen) atoms. The van der Waals surface area contributed by atoms with Gasteiger partial charge in [-0.1, -0.05) is 48.3 Å². The number of hydrogen-bond acceptors (Lipinski definition) is 1. The van der Waals surface area contributed by atoms with Crippen molar-refractivity contribution in [2.24, 2.45) is 11.7 Å². The number of halogens is 1. The van der Waals surface area contributed by atoms with Gasteiger partial charge in [0.2, 0.25) is 0 Å². The fourth-order valence-corrected chi connectivity index (χ4v) is 2.18. The molecular weight excluding hydrogens is 250 g/mol. The highest BCUT2D eigenvalue weighted by Gasteiger charge is 2.14. The fraction of sp³-hybridized carbons (Fsp3) is 0.538. The van der Waals surface area contributed by atoms with Crippen LogP contribution in [0.1, 0.15) is 43.9 Å². The molecule has 0 fully saturated rings. The standard InChI is InChI=1S/C13H20BrN/c1-4-5-10(3)13(15)11-7-6-9(2)12(14)8-11/h6-8,10,13H,4-5,15H2,1-3H3. The molecule has 0 aliphatic carbocycles. The normalized spacial score (nSPS) is 15.0. The maximum atomic E-state index is 6.22. The summed E-state index contributed by atoms with van der Waals surface area (Å²) in [6, 6.07) is 6.56. The van der Waals surface area contributed by atoms with Crippen molar-refractivity contribution in [1.82, 2.24) is 0 Å². The Balaban J connectivity index is 2.81. The summed E-state index contributed by atoms with van der Waals surface area (Å²) in [7, 11) is 0. The van der Waals surface area contributed by atoms with Gasteiger partial charge in [-0.25, -0.2) is 0 Å². The summed E-state index contributed by atoms with van der Waals surface area (Å²) < 4.78 is 1.15. The van der Waals surface area contributed by atoms with E-state index in [1.807, 2.05) is 0 Å². The van der Waals surface area contributed by atoms with E-state index >= 15 is 0 Å². The summed E-state index contributed by atoms with van der Waals surface area (Å²) in [5.41, 5.74) is 8.71. The molecule has 0 saturated heterocycles. The van der Waals surface area contributed by atoms with Crippen LogP contribution < -0.4 is 5.73 Å². The molecule has 2 atom stereocenters. The van der Waals surface area contributed by atoms with Crippen molar-refractivity contribution in [2.75, 3.05) is 0 Å². The van der Waals surface area contributed by atoms with Gasteiger partial charge in [0, 0.05) is 10.5 Å². The Hall–Kier alpha value is -0.340. The highest BCUT2D eigenvalue weighted by atomic mass is 79.9. The summed E-state index contributed by atoms with van der Waals surface area (Å²) in [5.74, 6) is 0.546. The van der Waals surface area contributed by atoms with Gasteiger partial charge >= 0.3 is 0 Å². The SMILES string of the molecule is CCCC(C)C(N)c1ccc(C)c(Br)c1. The maximum absolute atomic E-state index is 6.22. The van der Waals surface area contributed by atoms with Crippen LogP contribution in [0.4, 0.5) is 0 Å². The number of hydrogen-bond donors (Lipinski definition) is 1. The molecule has 0 spiro atoms. The van der Waals surface area contributed by atoms with E-state index in [1.54, 1.807) is 0 Å². The fourth-order valence-electron chi connectivity index (χ4n) is 1.78. The highest BCUT2D eigenvalue weighted by molar-refractivity contribution is 9.10. The van der Waals surface area contributed by atoms with E-state index in [9.17, 15) is 0 Å². The molecule has 0 radical (unpaired) electrons. The average molecular weight is 270 g/mol. The molecule has 0 aromatic heterocycles. The molecule has 0 heterocycles. The van der Waals surface area contributed by atoms with Crippen molar-refractivity contribution in [1.29, 1.82) is 0 Å². The van der Waals surface area contributed by atoms with E-state index in [2.05, 4.69) is 54.9 Å². The van der Waals surface area contributed by atoms with E-state index in [0.717, 1.165) is 4.47 Å². The van der Waals surface area contributed by atoms with Gasteiger partial charge in [-0.05, 0) is 36.5 Å². The monoisotopic (exact) mass is 269 g/mol. The largest absolute Gasteiger partial charge is 0.324 e. The van der Waals surface area contributed by atoms with Crippen LogP contribution in [0.15, 0.2) is 22.7 Å². The topological polar surface area (TPSA) is 26.0 Å². The zero-order valence-corrected chi connectivity index (χ0v) is 11.3. The van der Waals surface area contributed by atoms with Gasteiger partial charge < -0.3 is 5.73 Å². The van der Waals surface area contributed by atoms with Crippen LogP contribution in [-0.2, 0) is 0 Å². The summed E-state index contributed by atoms with van der Waals surface area (Å²) in [5, 5.41) is 0. The van der Waals surface area contributed by atoms with Crippen molar-refractivity contribution in [3.05, 3.63) is 33.8 Å². The Morgan fingerprint density at radius 3 is 2.60 bits per heavy atom. The molecule has 1 rings (SSSR count). The summed E-state index contributed by atoms with van der Waals surface area (Å²) >= 11 is 3.55. The Morgan fingerprint density at radius 2 is 2.07 bits per heavy atom. The molecule has 0 saturated carbocycles. The second kappa shape index (κ2) is 5.66. The quantitative estimate of drug-likeness (QED) is 0.872. The molecule has 2 unspecified atom stereocenters. The maximum Gasteiger partial charge on any atom is 0.0321 e. The van der Waals surface area contributed by atoms with Crippen molar-refractivity contribution in [2.45, 2.75) is 39.7 Å². The minimum atomic E-state index is 0.154. The molecule has 2 N–H and O–H groups in total. The first kappa shape index (κ1) is 12.7. The van der Waals surface area contributed by atoms with Crippen LogP contribution in [-0.4, -0.2) is 0 Å². The molecule has 84 valence electrons. The van der Waals surface area contributed by atoms with Gasteiger partial charge in [0.25, 0.3) is 0 Å². The molecule has 1 nitrogen and oxygen atoms in total. The molecule has 0 aliphatic heterocycles. The number of aryl methyl sites for hydroxylation is 1. The summed E-state index contributed by atoms with van der Waals surface area (Å²) in [6.07, 6.45) is 2.38. The predicted octanol–water partition coefficient (Wildman–Crippen LogP) is 4.19. The second-order valence-electron chi connectivity index (χ2n) is 4.30. The van der Waals surface area contributed by atoms with Gasteiger partial charge in [0.05, 0.1) is 0 Å². The molecule has 1 aromatic carbocycles. The third kappa shape index (κ3) is 3.32. The number of nitrogens with two attached hydrogens (primary N) is 1. The lowest BCUT2D eigenvalue weighted by molar-refractivity contribution is 0.433. The third-order valence-corrected chi connectivity index (χ3v) is 3.79. The van der Waals surface area contributed by atoms with Crippen LogP contribution in [0, 0.1) is 12.8 Å². The van der Waals surface area contributed by atoms with Crippen LogP contribution in [0.25, 0.3) is 0 Å². The van der Waals surface area contributed by atoms with Crippen molar-refractivity contribution < 1.29 is 0 Å². The first-order chi connectivity index (χ1) is 7.06. The zero-order chi connectivity index (χ0) is 11.4. The van der Waals surface area contributed by atoms with Gasteiger partial charge in [-0.3, -0.25) is 0 Å². The van der Waals surface area contributed by atoms with E-state index in [4.69, 9.17) is 5.73 Å². The first-order valence-electron chi connectivity index (χ1n) is 5.58. The van der Waals surface area contributed by atoms with E-state index in [0.29, 0.717) is 5.92 Å². The molecule has 0 bridgehead atoms. The van der Waals surface area contributed by atoms with E-state index in [-0.39, 0.29) is 6.04 Å². The molecular formula is C13H20BrN. The average Bonchev–Trinajstić information content (AvgIpc) is 2.21. The number of rotatable bonds is 4. The summed E-state index contributed by atoms with van der Waals surface area (Å²) in [4.78, 5) is 0. The van der Waals surface area contributed by atoms with Crippen LogP contribution in [0.5, 0.6) is 0 Å². The van der Waals surface area contributed by atoms with E-state index in [1.165, 1.54) is 24.0 Å². The lowest BCUT2D eigenvalue weighted by Crippen LogP contribution is -2.19. The van der Waals surface area contributed by atoms with Crippen molar-refractivity contribution in [3.8, 4) is 0 Å². The third-order valence-electron chi connectivity index (χ3n) is 2.94. The number of benzene rings is 1. The summed E-state index contributed by atoms with van der Waals surface area (Å²) in [6.45, 7) is 6.52. The minimum absolute atomic E-state index is 0.154. The smallest absolute Gasteiger partial charge is 0.0321 e. The van der Waals surface area contributed by atoms with Crippen LogP contribution >= 0.6 is 15.9 Å². The zero-order valence-electron chi connectivity index (χ0n) is 9.76. The first-order valence-corrected chi connectivity index (χ1v) is 6.37. The highest BCUT2D eigenvalue weighted by Crippen LogP contribution is 2.26. The van der Waals surface area contributed by atoms with Gasteiger partial charge in [-0.2, -0.15) is 0 Å². The molecule has 0 amide bonds. The lowest BCUT2D eigenvalue weighted by Gasteiger charge is -2.20. The van der Waals surface area contributed by atoms with Crippen molar-refractivity contribution in [3.63, 3.8) is 0 Å². The van der Waals surface area contributed by atoms with Crippen molar-refractivity contribution >= 4 is 15.9 Å². The molecule has 2 heteroatoms. The van der Waals surface area contributed by atoms with Gasteiger partial charge in [0.15, 0.2) is 0 Å². The molecule has 0 aliphatic rings.